The van der Waals surface area contributed by atoms with Crippen LogP contribution in [0.2, 0.25) is 0 Å². The first-order chi connectivity index (χ1) is 3.46. The molecule has 0 amide bonds. The Bertz CT molecular complexity index is 101. The van der Waals surface area contributed by atoms with Gasteiger partial charge in [-0.2, -0.15) is 0 Å². The van der Waals surface area contributed by atoms with Crippen LogP contribution in [0.15, 0.2) is 0 Å². The summed E-state index contributed by atoms with van der Waals surface area (Å²) in [6, 6.07) is 0. The SMILES string of the molecule is CC1([N+](C)(C)C)CO1.[Cl-]. The Morgan fingerprint density at radius 3 is 1.67 bits per heavy atom. The topological polar surface area (TPSA) is 12.5 Å². The highest BCUT2D eigenvalue weighted by Crippen LogP contribution is 2.32. The molecule has 0 N–H and O–H groups in total. The van der Waals surface area contributed by atoms with Crippen molar-refractivity contribution in [3.8, 4) is 0 Å². The van der Waals surface area contributed by atoms with Gasteiger partial charge < -0.3 is 21.6 Å². The van der Waals surface area contributed by atoms with Crippen molar-refractivity contribution in [3.63, 3.8) is 0 Å². The minimum atomic E-state index is 0. The van der Waals surface area contributed by atoms with E-state index in [9.17, 15) is 0 Å². The summed E-state index contributed by atoms with van der Waals surface area (Å²) in [5.41, 5.74) is 0.125. The average molecular weight is 152 g/mol. The summed E-state index contributed by atoms with van der Waals surface area (Å²) in [7, 11) is 6.44. The quantitative estimate of drug-likeness (QED) is 0.297. The number of hydrogen-bond donors (Lipinski definition) is 0. The van der Waals surface area contributed by atoms with Crippen molar-refractivity contribution in [1.82, 2.24) is 0 Å². The fraction of sp³-hybridized carbons (Fsp3) is 1.00. The number of halogens is 1. The highest BCUT2D eigenvalue weighted by atomic mass is 35.5. The molecule has 0 aromatic carbocycles. The lowest BCUT2D eigenvalue weighted by Crippen LogP contribution is -3.00. The number of ether oxygens (including phenoxy) is 1. The van der Waals surface area contributed by atoms with Gasteiger partial charge in [0.15, 0.2) is 0 Å². The van der Waals surface area contributed by atoms with Gasteiger partial charge >= 0.3 is 0 Å². The summed E-state index contributed by atoms with van der Waals surface area (Å²) in [5, 5.41) is 0. The number of quaternary nitrogens is 1. The number of hydrogen-bond acceptors (Lipinski definition) is 1. The summed E-state index contributed by atoms with van der Waals surface area (Å²) >= 11 is 0. The molecule has 2 nitrogen and oxygen atoms in total. The Hall–Kier alpha value is 0.210. The first kappa shape index (κ1) is 9.21. The first-order valence-corrected chi connectivity index (χ1v) is 2.91. The van der Waals surface area contributed by atoms with Crippen molar-refractivity contribution in [2.75, 3.05) is 27.7 Å². The van der Waals surface area contributed by atoms with Crippen LogP contribution < -0.4 is 12.4 Å². The molecule has 0 aromatic heterocycles. The van der Waals surface area contributed by atoms with Crippen LogP contribution in [0.1, 0.15) is 6.92 Å². The highest BCUT2D eigenvalue weighted by molar-refractivity contribution is 4.74. The van der Waals surface area contributed by atoms with Crippen molar-refractivity contribution < 1.29 is 21.6 Å². The zero-order valence-corrected chi connectivity index (χ0v) is 7.20. The fourth-order valence-electron chi connectivity index (χ4n) is 0.492. The van der Waals surface area contributed by atoms with Gasteiger partial charge in [0.1, 0.15) is 6.61 Å². The first-order valence-electron chi connectivity index (χ1n) is 2.91. The van der Waals surface area contributed by atoms with E-state index in [1.54, 1.807) is 0 Å². The Morgan fingerprint density at radius 2 is 1.67 bits per heavy atom. The smallest absolute Gasteiger partial charge is 0.224 e. The summed E-state index contributed by atoms with van der Waals surface area (Å²) in [5.74, 6) is 0. The van der Waals surface area contributed by atoms with Crippen molar-refractivity contribution in [2.24, 2.45) is 0 Å². The van der Waals surface area contributed by atoms with Gasteiger partial charge in [0.2, 0.25) is 5.72 Å². The summed E-state index contributed by atoms with van der Waals surface area (Å²) in [4.78, 5) is 0. The van der Waals surface area contributed by atoms with Gasteiger partial charge in [0.05, 0.1) is 21.1 Å². The Morgan fingerprint density at radius 1 is 1.33 bits per heavy atom. The van der Waals surface area contributed by atoms with Gasteiger partial charge in [-0.3, -0.25) is 0 Å². The minimum Gasteiger partial charge on any atom is -1.00 e. The second-order valence-electron chi connectivity index (χ2n) is 3.48. The van der Waals surface area contributed by atoms with Crippen molar-refractivity contribution in [1.29, 1.82) is 0 Å². The van der Waals surface area contributed by atoms with E-state index in [1.807, 2.05) is 0 Å². The number of epoxide rings is 1. The second kappa shape index (κ2) is 2.11. The highest BCUT2D eigenvalue weighted by Gasteiger charge is 2.52. The lowest BCUT2D eigenvalue weighted by atomic mass is 10.3. The zero-order valence-electron chi connectivity index (χ0n) is 6.44. The second-order valence-corrected chi connectivity index (χ2v) is 3.48. The normalized spacial score (nSPS) is 33.3. The fourth-order valence-corrected chi connectivity index (χ4v) is 0.492. The van der Waals surface area contributed by atoms with Gasteiger partial charge in [0.25, 0.3) is 0 Å². The molecule has 1 aliphatic heterocycles. The molecule has 0 bridgehead atoms. The van der Waals surface area contributed by atoms with E-state index in [2.05, 4.69) is 28.1 Å². The summed E-state index contributed by atoms with van der Waals surface area (Å²) < 4.78 is 6.14. The molecule has 1 saturated heterocycles. The van der Waals surface area contributed by atoms with Crippen LogP contribution in [-0.4, -0.2) is 38.0 Å². The van der Waals surface area contributed by atoms with E-state index in [0.717, 1.165) is 11.1 Å². The molecular weight excluding hydrogens is 138 g/mol. The Kier molecular flexibility index (Phi) is 2.16. The van der Waals surface area contributed by atoms with Gasteiger partial charge in [-0.15, -0.1) is 0 Å². The molecule has 9 heavy (non-hydrogen) atoms. The van der Waals surface area contributed by atoms with Crippen LogP contribution in [0.4, 0.5) is 0 Å². The molecule has 1 fully saturated rings. The van der Waals surface area contributed by atoms with Crippen molar-refractivity contribution in [2.45, 2.75) is 12.6 Å². The third-order valence-corrected chi connectivity index (χ3v) is 1.98. The van der Waals surface area contributed by atoms with Gasteiger partial charge in [-0.05, 0) is 0 Å². The van der Waals surface area contributed by atoms with Gasteiger partial charge in [-0.25, -0.2) is 0 Å². The molecule has 0 radical (unpaired) electrons. The molecule has 1 atom stereocenters. The standard InChI is InChI=1S/C6H14NO.ClH/c1-6(5-8-6)7(2,3)4;/h5H2,1-4H3;1H/q+1;/p-1. The molecule has 0 aromatic rings. The van der Waals surface area contributed by atoms with E-state index < -0.39 is 0 Å². The minimum absolute atomic E-state index is 0. The van der Waals surface area contributed by atoms with Crippen molar-refractivity contribution >= 4 is 0 Å². The maximum Gasteiger partial charge on any atom is 0.224 e. The molecule has 1 rings (SSSR count). The van der Waals surface area contributed by atoms with Crippen LogP contribution in [0, 0.1) is 0 Å². The predicted molar refractivity (Wildman–Crippen MR) is 32.4 cm³/mol. The maximum absolute atomic E-state index is 5.23. The average Bonchev–Trinajstić information content (AvgIpc) is 2.16. The number of nitrogens with zero attached hydrogens (tertiary/aromatic N) is 1. The lowest BCUT2D eigenvalue weighted by molar-refractivity contribution is -0.916. The third kappa shape index (κ3) is 1.57. The van der Waals surface area contributed by atoms with Crippen LogP contribution in [0.5, 0.6) is 0 Å². The van der Waals surface area contributed by atoms with E-state index in [4.69, 9.17) is 4.74 Å². The summed E-state index contributed by atoms with van der Waals surface area (Å²) in [6.45, 7) is 3.05. The van der Waals surface area contributed by atoms with Crippen molar-refractivity contribution in [3.05, 3.63) is 0 Å². The summed E-state index contributed by atoms with van der Waals surface area (Å²) in [6.07, 6.45) is 0. The van der Waals surface area contributed by atoms with E-state index >= 15 is 0 Å². The Labute approximate surface area is 62.8 Å². The molecule has 1 unspecified atom stereocenters. The third-order valence-electron chi connectivity index (χ3n) is 1.98. The molecule has 56 valence electrons. The van der Waals surface area contributed by atoms with E-state index in [0.29, 0.717) is 0 Å². The van der Waals surface area contributed by atoms with Crippen LogP contribution in [0.3, 0.4) is 0 Å². The van der Waals surface area contributed by atoms with Crippen LogP contribution in [-0.2, 0) is 4.74 Å². The largest absolute Gasteiger partial charge is 1.00 e. The lowest BCUT2D eigenvalue weighted by Gasteiger charge is -2.28. The van der Waals surface area contributed by atoms with E-state index in [-0.39, 0.29) is 18.1 Å². The van der Waals surface area contributed by atoms with Crippen LogP contribution in [0.25, 0.3) is 0 Å². The number of likely N-dealkylation sites (N-methyl/N-ethyl adjacent to an activating group) is 1. The molecule has 1 aliphatic rings. The van der Waals surface area contributed by atoms with Gasteiger partial charge in [0, 0.05) is 6.92 Å². The molecular formula is C6H14ClNO. The molecule has 1 heterocycles. The zero-order chi connectivity index (χ0) is 6.41. The van der Waals surface area contributed by atoms with Crippen LogP contribution >= 0.6 is 0 Å². The molecule has 0 aliphatic carbocycles. The predicted octanol–water partition coefficient (Wildman–Crippen LogP) is -2.56. The van der Waals surface area contributed by atoms with E-state index in [1.165, 1.54) is 0 Å². The molecule has 0 spiro atoms. The number of rotatable bonds is 1. The monoisotopic (exact) mass is 151 g/mol. The van der Waals surface area contributed by atoms with Gasteiger partial charge in [-0.1, -0.05) is 0 Å². The molecule has 3 heteroatoms. The molecule has 0 saturated carbocycles. The Balaban J connectivity index is 0.000000640. The maximum atomic E-state index is 5.23.